The highest BCUT2D eigenvalue weighted by Gasteiger charge is 2.11. The minimum Gasteiger partial charge on any atom is -0.467 e. The summed E-state index contributed by atoms with van der Waals surface area (Å²) < 4.78 is 10.9. The summed E-state index contributed by atoms with van der Waals surface area (Å²) in [5.41, 5.74) is 3.75. The number of hydrogen-bond donors (Lipinski definition) is 1. The number of ether oxygens (including phenoxy) is 2. The van der Waals surface area contributed by atoms with Gasteiger partial charge in [-0.25, -0.2) is 0 Å². The summed E-state index contributed by atoms with van der Waals surface area (Å²) in [5.74, 6) is 0.949. The van der Waals surface area contributed by atoms with Crippen molar-refractivity contribution in [1.29, 1.82) is 0 Å². The lowest BCUT2D eigenvalue weighted by atomic mass is 10.1. The van der Waals surface area contributed by atoms with E-state index in [9.17, 15) is 0 Å². The SMILES string of the molecule is CNCc1ccccc1Pc1cc(C)cc(C)c1OCOC. The van der Waals surface area contributed by atoms with Crippen LogP contribution < -0.4 is 20.7 Å². The normalized spacial score (nSPS) is 11.3. The van der Waals surface area contributed by atoms with E-state index in [0.29, 0.717) is 8.58 Å². The van der Waals surface area contributed by atoms with E-state index in [-0.39, 0.29) is 6.79 Å². The zero-order valence-electron chi connectivity index (χ0n) is 13.7. The number of nitrogens with one attached hydrogen (secondary N) is 1. The maximum Gasteiger partial charge on any atom is 0.188 e. The molecule has 0 saturated heterocycles. The van der Waals surface area contributed by atoms with Crippen LogP contribution in [0.4, 0.5) is 0 Å². The van der Waals surface area contributed by atoms with Gasteiger partial charge in [0.25, 0.3) is 0 Å². The van der Waals surface area contributed by atoms with Gasteiger partial charge in [0.2, 0.25) is 0 Å². The molecule has 4 heteroatoms. The molecule has 2 rings (SSSR count). The summed E-state index contributed by atoms with van der Waals surface area (Å²) in [4.78, 5) is 0. The molecule has 0 radical (unpaired) electrons. The summed E-state index contributed by atoms with van der Waals surface area (Å²) in [6.07, 6.45) is 0. The van der Waals surface area contributed by atoms with E-state index in [4.69, 9.17) is 9.47 Å². The Hall–Kier alpha value is -1.41. The maximum absolute atomic E-state index is 5.81. The third-order valence-electron chi connectivity index (χ3n) is 3.39. The molecule has 2 aromatic rings. The van der Waals surface area contributed by atoms with Gasteiger partial charge in [-0.3, -0.25) is 0 Å². The van der Waals surface area contributed by atoms with E-state index in [2.05, 4.69) is 55.6 Å². The molecular weight excluding hydrogens is 293 g/mol. The Bertz CT molecular complexity index is 628. The molecule has 0 aromatic heterocycles. The van der Waals surface area contributed by atoms with Crippen LogP contribution in [0, 0.1) is 13.8 Å². The molecule has 3 nitrogen and oxygen atoms in total. The predicted molar refractivity (Wildman–Crippen MR) is 95.2 cm³/mol. The van der Waals surface area contributed by atoms with Crippen molar-refractivity contribution in [3.63, 3.8) is 0 Å². The molecule has 1 N–H and O–H groups in total. The van der Waals surface area contributed by atoms with Gasteiger partial charge in [-0.1, -0.05) is 38.9 Å². The summed E-state index contributed by atoms with van der Waals surface area (Å²) in [6.45, 7) is 5.37. The summed E-state index contributed by atoms with van der Waals surface area (Å²) in [6, 6.07) is 12.9. The molecule has 0 bridgehead atoms. The molecule has 2 aromatic carbocycles. The molecule has 0 aliphatic carbocycles. The lowest BCUT2D eigenvalue weighted by Gasteiger charge is -2.16. The first-order chi connectivity index (χ1) is 10.7. The van der Waals surface area contributed by atoms with Gasteiger partial charge < -0.3 is 14.8 Å². The van der Waals surface area contributed by atoms with Crippen molar-refractivity contribution >= 4 is 19.2 Å². The van der Waals surface area contributed by atoms with E-state index in [1.807, 2.05) is 7.05 Å². The molecule has 118 valence electrons. The van der Waals surface area contributed by atoms with Crippen molar-refractivity contribution in [3.05, 3.63) is 53.1 Å². The predicted octanol–water partition coefficient (Wildman–Crippen LogP) is 2.63. The second kappa shape index (κ2) is 8.28. The van der Waals surface area contributed by atoms with Crippen LogP contribution in [0.2, 0.25) is 0 Å². The van der Waals surface area contributed by atoms with E-state index in [1.54, 1.807) is 7.11 Å². The molecule has 0 aliphatic rings. The lowest BCUT2D eigenvalue weighted by molar-refractivity contribution is 0.0514. The minimum absolute atomic E-state index is 0.277. The van der Waals surface area contributed by atoms with Crippen molar-refractivity contribution in [2.75, 3.05) is 21.0 Å². The smallest absolute Gasteiger partial charge is 0.188 e. The average molecular weight is 317 g/mol. The topological polar surface area (TPSA) is 30.5 Å². The fourth-order valence-corrected chi connectivity index (χ4v) is 3.97. The highest BCUT2D eigenvalue weighted by atomic mass is 31.1. The fourth-order valence-electron chi connectivity index (χ4n) is 2.49. The Balaban J connectivity index is 2.36. The molecule has 0 aliphatic heterocycles. The third kappa shape index (κ3) is 4.30. The molecule has 0 saturated carbocycles. The van der Waals surface area contributed by atoms with E-state index >= 15 is 0 Å². The second-order valence-electron chi connectivity index (χ2n) is 5.32. The van der Waals surface area contributed by atoms with Crippen molar-refractivity contribution in [1.82, 2.24) is 5.32 Å². The molecule has 1 unspecified atom stereocenters. The highest BCUT2D eigenvalue weighted by Crippen LogP contribution is 2.25. The molecule has 0 amide bonds. The zero-order chi connectivity index (χ0) is 15.9. The van der Waals surface area contributed by atoms with Gasteiger partial charge in [0.05, 0.1) is 0 Å². The Morgan fingerprint density at radius 3 is 2.59 bits per heavy atom. The van der Waals surface area contributed by atoms with E-state index < -0.39 is 0 Å². The monoisotopic (exact) mass is 317 g/mol. The largest absolute Gasteiger partial charge is 0.467 e. The second-order valence-corrected chi connectivity index (χ2v) is 6.65. The van der Waals surface area contributed by atoms with Crippen LogP contribution >= 0.6 is 8.58 Å². The zero-order valence-corrected chi connectivity index (χ0v) is 14.7. The quantitative estimate of drug-likeness (QED) is 0.629. The van der Waals surface area contributed by atoms with Gasteiger partial charge in [-0.05, 0) is 49.0 Å². The van der Waals surface area contributed by atoms with Crippen LogP contribution in [0.25, 0.3) is 0 Å². The van der Waals surface area contributed by atoms with Crippen molar-refractivity contribution < 1.29 is 9.47 Å². The van der Waals surface area contributed by atoms with E-state index in [1.165, 1.54) is 21.7 Å². The van der Waals surface area contributed by atoms with Crippen molar-refractivity contribution in [3.8, 4) is 5.75 Å². The van der Waals surface area contributed by atoms with Gasteiger partial charge in [-0.2, -0.15) is 0 Å². The third-order valence-corrected chi connectivity index (χ3v) is 4.79. The summed E-state index contributed by atoms with van der Waals surface area (Å²) >= 11 is 0. The Morgan fingerprint density at radius 1 is 1.09 bits per heavy atom. The number of benzene rings is 2. The number of aryl methyl sites for hydroxylation is 2. The van der Waals surface area contributed by atoms with E-state index in [0.717, 1.165) is 17.9 Å². The first-order valence-electron chi connectivity index (χ1n) is 7.38. The molecule has 22 heavy (non-hydrogen) atoms. The van der Waals surface area contributed by atoms with Crippen LogP contribution in [0.1, 0.15) is 16.7 Å². The number of methoxy groups -OCH3 is 1. The number of hydrogen-bond acceptors (Lipinski definition) is 3. The molecule has 0 spiro atoms. The first kappa shape index (κ1) is 17.0. The van der Waals surface area contributed by atoms with Gasteiger partial charge in [0.15, 0.2) is 6.79 Å². The molecule has 1 atom stereocenters. The fraction of sp³-hybridized carbons (Fsp3) is 0.333. The number of rotatable bonds is 7. The summed E-state index contributed by atoms with van der Waals surface area (Å²) in [5, 5.41) is 5.82. The average Bonchev–Trinajstić information content (AvgIpc) is 2.48. The van der Waals surface area contributed by atoms with Crippen LogP contribution in [-0.2, 0) is 11.3 Å². The van der Waals surface area contributed by atoms with Crippen LogP contribution in [0.5, 0.6) is 5.75 Å². The van der Waals surface area contributed by atoms with Gasteiger partial charge in [0, 0.05) is 19.0 Å². The molecular formula is C18H24NO2P. The van der Waals surface area contributed by atoms with Crippen LogP contribution in [-0.4, -0.2) is 21.0 Å². The lowest BCUT2D eigenvalue weighted by Crippen LogP contribution is -2.17. The first-order valence-corrected chi connectivity index (χ1v) is 8.38. The minimum atomic E-state index is 0.277. The highest BCUT2D eigenvalue weighted by molar-refractivity contribution is 7.55. The van der Waals surface area contributed by atoms with Gasteiger partial charge >= 0.3 is 0 Å². The van der Waals surface area contributed by atoms with Crippen molar-refractivity contribution in [2.24, 2.45) is 0 Å². The molecule has 0 heterocycles. The maximum atomic E-state index is 5.81. The van der Waals surface area contributed by atoms with Gasteiger partial charge in [-0.15, -0.1) is 0 Å². The van der Waals surface area contributed by atoms with Crippen LogP contribution in [0.15, 0.2) is 36.4 Å². The Morgan fingerprint density at radius 2 is 1.86 bits per heavy atom. The molecule has 0 fully saturated rings. The summed E-state index contributed by atoms with van der Waals surface area (Å²) in [7, 11) is 4.19. The Kier molecular flexibility index (Phi) is 6.38. The van der Waals surface area contributed by atoms with Crippen molar-refractivity contribution in [2.45, 2.75) is 20.4 Å². The standard InChI is InChI=1S/C18H24NO2P/c1-13-9-14(2)18(21-12-20-4)17(10-13)22-16-8-6-5-7-15(16)11-19-3/h5-10,19,22H,11-12H2,1-4H3. The van der Waals surface area contributed by atoms with Crippen LogP contribution in [0.3, 0.4) is 0 Å². The Labute approximate surface area is 134 Å². The van der Waals surface area contributed by atoms with Gasteiger partial charge in [0.1, 0.15) is 5.75 Å².